The van der Waals surface area contributed by atoms with Crippen molar-refractivity contribution in [3.05, 3.63) is 29.8 Å². The molecule has 0 bridgehead atoms. The standard InChI is InChI=1S/C17H29NO2/c1-3-4-5-6-13-20-16-9-7-15(8-10-16)11-12-17(2,18)14-19/h7-10,19H,3-6,11-14,18H2,1-2H3. The van der Waals surface area contributed by atoms with Gasteiger partial charge in [-0.25, -0.2) is 0 Å². The van der Waals surface area contributed by atoms with Crippen molar-refractivity contribution in [1.82, 2.24) is 0 Å². The normalized spacial score (nSPS) is 14.0. The summed E-state index contributed by atoms with van der Waals surface area (Å²) < 4.78 is 5.71. The lowest BCUT2D eigenvalue weighted by atomic mass is 9.95. The molecular formula is C17H29NO2. The molecule has 1 rings (SSSR count). The lowest BCUT2D eigenvalue weighted by Gasteiger charge is -2.21. The Morgan fingerprint density at radius 2 is 1.85 bits per heavy atom. The quantitative estimate of drug-likeness (QED) is 0.646. The molecule has 3 N–H and O–H groups in total. The fourth-order valence-corrected chi connectivity index (χ4v) is 1.98. The highest BCUT2D eigenvalue weighted by atomic mass is 16.5. The molecule has 3 nitrogen and oxygen atoms in total. The maximum absolute atomic E-state index is 9.13. The van der Waals surface area contributed by atoms with Gasteiger partial charge in [-0.1, -0.05) is 38.3 Å². The Hall–Kier alpha value is -1.06. The summed E-state index contributed by atoms with van der Waals surface area (Å²) in [6.07, 6.45) is 6.56. The average Bonchev–Trinajstić information content (AvgIpc) is 2.46. The van der Waals surface area contributed by atoms with E-state index in [1.165, 1.54) is 24.8 Å². The number of rotatable bonds is 10. The summed E-state index contributed by atoms with van der Waals surface area (Å²) in [6.45, 7) is 4.90. The molecule has 3 heteroatoms. The first-order chi connectivity index (χ1) is 9.57. The van der Waals surface area contributed by atoms with Gasteiger partial charge in [-0.3, -0.25) is 0 Å². The van der Waals surface area contributed by atoms with Crippen LogP contribution in [0.25, 0.3) is 0 Å². The SMILES string of the molecule is CCCCCCOc1ccc(CCC(C)(N)CO)cc1. The number of aliphatic hydroxyl groups excluding tert-OH is 1. The number of benzene rings is 1. The molecule has 0 radical (unpaired) electrons. The third-order valence-corrected chi connectivity index (χ3v) is 3.54. The van der Waals surface area contributed by atoms with Gasteiger partial charge in [-0.15, -0.1) is 0 Å². The molecule has 0 heterocycles. The fourth-order valence-electron chi connectivity index (χ4n) is 1.98. The van der Waals surface area contributed by atoms with E-state index < -0.39 is 5.54 Å². The molecule has 0 amide bonds. The second-order valence-corrected chi connectivity index (χ2v) is 5.87. The Bertz CT molecular complexity index is 360. The lowest BCUT2D eigenvalue weighted by molar-refractivity contribution is 0.200. The van der Waals surface area contributed by atoms with Gasteiger partial charge in [-0.05, 0) is 43.9 Å². The van der Waals surface area contributed by atoms with Crippen LogP contribution in [0.15, 0.2) is 24.3 Å². The van der Waals surface area contributed by atoms with E-state index in [-0.39, 0.29) is 6.61 Å². The molecule has 0 aromatic heterocycles. The lowest BCUT2D eigenvalue weighted by Crippen LogP contribution is -2.40. The van der Waals surface area contributed by atoms with Crippen molar-refractivity contribution >= 4 is 0 Å². The molecule has 0 aliphatic heterocycles. The van der Waals surface area contributed by atoms with Crippen molar-refractivity contribution in [2.45, 2.75) is 57.9 Å². The highest BCUT2D eigenvalue weighted by Gasteiger charge is 2.16. The molecular weight excluding hydrogens is 250 g/mol. The summed E-state index contributed by atoms with van der Waals surface area (Å²) in [6, 6.07) is 8.19. The van der Waals surface area contributed by atoms with E-state index in [2.05, 4.69) is 19.1 Å². The zero-order valence-corrected chi connectivity index (χ0v) is 12.9. The van der Waals surface area contributed by atoms with E-state index in [9.17, 15) is 0 Å². The van der Waals surface area contributed by atoms with Crippen molar-refractivity contribution in [3.8, 4) is 5.75 Å². The van der Waals surface area contributed by atoms with E-state index in [4.69, 9.17) is 15.6 Å². The van der Waals surface area contributed by atoms with Crippen LogP contribution in [-0.4, -0.2) is 23.9 Å². The van der Waals surface area contributed by atoms with Crippen LogP contribution in [0.2, 0.25) is 0 Å². The highest BCUT2D eigenvalue weighted by Crippen LogP contribution is 2.16. The Morgan fingerprint density at radius 3 is 2.45 bits per heavy atom. The minimum atomic E-state index is -0.492. The summed E-state index contributed by atoms with van der Waals surface area (Å²) >= 11 is 0. The van der Waals surface area contributed by atoms with E-state index in [0.29, 0.717) is 0 Å². The Labute approximate surface area is 123 Å². The molecule has 0 aliphatic carbocycles. The number of aryl methyl sites for hydroxylation is 1. The molecule has 20 heavy (non-hydrogen) atoms. The average molecular weight is 279 g/mol. The third kappa shape index (κ3) is 6.92. The molecule has 0 saturated carbocycles. The minimum absolute atomic E-state index is 0.0198. The van der Waals surface area contributed by atoms with Crippen LogP contribution >= 0.6 is 0 Å². The molecule has 114 valence electrons. The number of hydrogen-bond donors (Lipinski definition) is 2. The van der Waals surface area contributed by atoms with Gasteiger partial charge in [0.2, 0.25) is 0 Å². The number of aliphatic hydroxyl groups is 1. The zero-order chi connectivity index (χ0) is 14.8. The highest BCUT2D eigenvalue weighted by molar-refractivity contribution is 5.27. The van der Waals surface area contributed by atoms with Crippen molar-refractivity contribution < 1.29 is 9.84 Å². The predicted molar refractivity (Wildman–Crippen MR) is 84.1 cm³/mol. The van der Waals surface area contributed by atoms with Crippen LogP contribution in [-0.2, 0) is 6.42 Å². The third-order valence-electron chi connectivity index (χ3n) is 3.54. The van der Waals surface area contributed by atoms with E-state index in [1.54, 1.807) is 0 Å². The van der Waals surface area contributed by atoms with E-state index in [0.717, 1.165) is 31.6 Å². The van der Waals surface area contributed by atoms with E-state index >= 15 is 0 Å². The Morgan fingerprint density at radius 1 is 1.15 bits per heavy atom. The topological polar surface area (TPSA) is 55.5 Å². The molecule has 0 saturated heterocycles. The van der Waals surface area contributed by atoms with Gasteiger partial charge >= 0.3 is 0 Å². The second-order valence-electron chi connectivity index (χ2n) is 5.87. The number of hydrogen-bond acceptors (Lipinski definition) is 3. The van der Waals surface area contributed by atoms with Crippen LogP contribution in [0, 0.1) is 0 Å². The molecule has 1 unspecified atom stereocenters. The van der Waals surface area contributed by atoms with Gasteiger partial charge < -0.3 is 15.6 Å². The Kier molecular flexibility index (Phi) is 7.63. The number of nitrogens with two attached hydrogens (primary N) is 1. The fraction of sp³-hybridized carbons (Fsp3) is 0.647. The summed E-state index contributed by atoms with van der Waals surface area (Å²) in [4.78, 5) is 0. The molecule has 0 fully saturated rings. The number of ether oxygens (including phenoxy) is 1. The van der Waals surface area contributed by atoms with Crippen molar-refractivity contribution in [2.75, 3.05) is 13.2 Å². The number of unbranched alkanes of at least 4 members (excludes halogenated alkanes) is 3. The zero-order valence-electron chi connectivity index (χ0n) is 12.9. The summed E-state index contributed by atoms with van der Waals surface area (Å²) in [5, 5.41) is 9.13. The van der Waals surface area contributed by atoms with E-state index in [1.807, 2.05) is 19.1 Å². The molecule has 1 aromatic rings. The molecule has 1 aromatic carbocycles. The van der Waals surface area contributed by atoms with Crippen molar-refractivity contribution in [2.24, 2.45) is 5.73 Å². The van der Waals surface area contributed by atoms with Crippen LogP contribution in [0.1, 0.15) is 51.5 Å². The first-order valence-corrected chi connectivity index (χ1v) is 7.69. The first kappa shape index (κ1) is 17.0. The Balaban J connectivity index is 2.29. The van der Waals surface area contributed by atoms with Gasteiger partial charge in [0.1, 0.15) is 5.75 Å². The van der Waals surface area contributed by atoms with Gasteiger partial charge in [0.15, 0.2) is 0 Å². The first-order valence-electron chi connectivity index (χ1n) is 7.69. The molecule has 0 aliphatic rings. The smallest absolute Gasteiger partial charge is 0.119 e. The predicted octanol–water partition coefficient (Wildman–Crippen LogP) is 3.29. The monoisotopic (exact) mass is 279 g/mol. The van der Waals surface area contributed by atoms with Gasteiger partial charge in [0.05, 0.1) is 13.2 Å². The maximum atomic E-state index is 9.13. The van der Waals surface area contributed by atoms with Gasteiger partial charge in [0, 0.05) is 5.54 Å². The van der Waals surface area contributed by atoms with Gasteiger partial charge in [0.25, 0.3) is 0 Å². The summed E-state index contributed by atoms with van der Waals surface area (Å²) in [7, 11) is 0. The summed E-state index contributed by atoms with van der Waals surface area (Å²) in [5.41, 5.74) is 6.66. The van der Waals surface area contributed by atoms with Crippen LogP contribution in [0.3, 0.4) is 0 Å². The van der Waals surface area contributed by atoms with Crippen LogP contribution in [0.5, 0.6) is 5.75 Å². The van der Waals surface area contributed by atoms with Crippen molar-refractivity contribution in [3.63, 3.8) is 0 Å². The van der Waals surface area contributed by atoms with Crippen molar-refractivity contribution in [1.29, 1.82) is 0 Å². The maximum Gasteiger partial charge on any atom is 0.119 e. The van der Waals surface area contributed by atoms with Crippen LogP contribution < -0.4 is 10.5 Å². The van der Waals surface area contributed by atoms with Gasteiger partial charge in [-0.2, -0.15) is 0 Å². The summed E-state index contributed by atoms with van der Waals surface area (Å²) in [5.74, 6) is 0.933. The van der Waals surface area contributed by atoms with Crippen LogP contribution in [0.4, 0.5) is 0 Å². The minimum Gasteiger partial charge on any atom is -0.494 e. The second kappa shape index (κ2) is 8.98. The molecule has 1 atom stereocenters. The molecule has 0 spiro atoms. The largest absolute Gasteiger partial charge is 0.494 e.